The standard InChI is InChI=1S/C34H33F5N6O3/c1-6-26(46)43-14-19(5)44(15-18(43)4)31-22-13-24(37)29-27-23(36)11-21(35)12-25(27)48-16-34(38,39)9-7-20-8-10-40-28(17(2)3)30(20)45(32(22)41-29)33(47)42-31/h6,8,10-13,17-19H,1,7,9,14-16H2,2-5H3/t18-,19+/m1/s1. The minimum Gasteiger partial charge on any atom is -0.486 e. The monoisotopic (exact) mass is 668 g/mol. The largest absolute Gasteiger partial charge is 0.486 e. The van der Waals surface area contributed by atoms with Crippen molar-refractivity contribution >= 4 is 22.8 Å². The van der Waals surface area contributed by atoms with Gasteiger partial charge in [-0.25, -0.2) is 36.3 Å². The smallest absolute Gasteiger partial charge is 0.355 e. The van der Waals surface area contributed by atoms with E-state index in [1.165, 1.54) is 18.3 Å². The predicted molar refractivity (Wildman–Crippen MR) is 169 cm³/mol. The normalized spacial score (nSPS) is 19.2. The summed E-state index contributed by atoms with van der Waals surface area (Å²) in [7, 11) is 0. The molecule has 2 atom stereocenters. The number of ether oxygens (including phenoxy) is 1. The molecule has 48 heavy (non-hydrogen) atoms. The molecule has 2 aliphatic rings. The van der Waals surface area contributed by atoms with Gasteiger partial charge in [0, 0.05) is 49.9 Å². The van der Waals surface area contributed by atoms with E-state index in [4.69, 9.17) is 4.74 Å². The van der Waals surface area contributed by atoms with Gasteiger partial charge in [-0.2, -0.15) is 4.98 Å². The van der Waals surface area contributed by atoms with Crippen LogP contribution in [0.3, 0.4) is 0 Å². The van der Waals surface area contributed by atoms with Crippen LogP contribution < -0.4 is 15.3 Å². The average Bonchev–Trinajstić information content (AvgIpc) is 3.03. The molecule has 1 amide bonds. The van der Waals surface area contributed by atoms with Crippen molar-refractivity contribution < 1.29 is 31.5 Å². The number of hydrogen-bond donors (Lipinski definition) is 0. The highest BCUT2D eigenvalue weighted by Crippen LogP contribution is 2.39. The van der Waals surface area contributed by atoms with Crippen LogP contribution in [0.4, 0.5) is 27.8 Å². The Hall–Kier alpha value is -4.88. The van der Waals surface area contributed by atoms with Crippen molar-refractivity contribution in [1.29, 1.82) is 0 Å². The van der Waals surface area contributed by atoms with Crippen LogP contribution in [0.5, 0.6) is 5.75 Å². The summed E-state index contributed by atoms with van der Waals surface area (Å²) in [5, 5.41) is 0.0631. The molecule has 2 bridgehead atoms. The number of carbonyl (C=O) groups excluding carboxylic acids is 1. The SMILES string of the molecule is C=CC(=O)N1C[C@H](C)N(c2nc(=O)n3c4nc(c(F)cc24)-c2c(F)cc(F)cc2OCC(F)(F)CCc2ccnc(C(C)C)c2-3)C[C@H]1C. The molecule has 1 fully saturated rings. The molecule has 9 nitrogen and oxygen atoms in total. The molecule has 4 aromatic rings. The molecule has 1 aromatic carbocycles. The second-order valence-electron chi connectivity index (χ2n) is 12.6. The van der Waals surface area contributed by atoms with Gasteiger partial charge in [0.25, 0.3) is 5.92 Å². The molecule has 2 aliphatic heterocycles. The summed E-state index contributed by atoms with van der Waals surface area (Å²) in [6, 6.07) is 2.96. The fourth-order valence-electron chi connectivity index (χ4n) is 6.41. The Labute approximate surface area is 272 Å². The molecule has 0 radical (unpaired) electrons. The van der Waals surface area contributed by atoms with Crippen LogP contribution in [0.2, 0.25) is 0 Å². The summed E-state index contributed by atoms with van der Waals surface area (Å²) >= 11 is 0. The number of aryl methyl sites for hydroxylation is 1. The van der Waals surface area contributed by atoms with E-state index in [1.807, 2.05) is 27.7 Å². The highest BCUT2D eigenvalue weighted by atomic mass is 19.3. The van der Waals surface area contributed by atoms with E-state index < -0.39 is 65.1 Å². The molecule has 0 unspecified atom stereocenters. The summed E-state index contributed by atoms with van der Waals surface area (Å²) in [6.07, 6.45) is 1.68. The quantitative estimate of drug-likeness (QED) is 0.197. The van der Waals surface area contributed by atoms with Gasteiger partial charge in [-0.3, -0.25) is 9.78 Å². The third-order valence-corrected chi connectivity index (χ3v) is 8.78. The third-order valence-electron chi connectivity index (χ3n) is 8.78. The lowest BCUT2D eigenvalue weighted by Crippen LogP contribution is -2.58. The highest BCUT2D eigenvalue weighted by Gasteiger charge is 2.36. The number of nitrogens with zero attached hydrogens (tertiary/aromatic N) is 6. The van der Waals surface area contributed by atoms with Gasteiger partial charge in [-0.05, 0) is 50.0 Å². The molecular weight excluding hydrogens is 635 g/mol. The molecule has 6 rings (SSSR count). The second kappa shape index (κ2) is 12.3. The van der Waals surface area contributed by atoms with E-state index in [1.54, 1.807) is 9.80 Å². The fraction of sp³-hybridized carbons (Fsp3) is 0.382. The number of benzene rings is 1. The van der Waals surface area contributed by atoms with Crippen LogP contribution in [0.25, 0.3) is 28.0 Å². The first-order valence-corrected chi connectivity index (χ1v) is 15.5. The van der Waals surface area contributed by atoms with Crippen LogP contribution in [0, 0.1) is 17.5 Å². The van der Waals surface area contributed by atoms with Gasteiger partial charge in [-0.1, -0.05) is 20.4 Å². The van der Waals surface area contributed by atoms with Gasteiger partial charge in [0.05, 0.1) is 22.3 Å². The van der Waals surface area contributed by atoms with Crippen LogP contribution in [0.15, 0.2) is 47.9 Å². The first kappa shape index (κ1) is 33.0. The summed E-state index contributed by atoms with van der Waals surface area (Å²) in [5.74, 6) is -8.18. The number of alkyl halides is 2. The van der Waals surface area contributed by atoms with Crippen molar-refractivity contribution in [2.75, 3.05) is 24.6 Å². The van der Waals surface area contributed by atoms with Crippen molar-refractivity contribution in [3.05, 3.63) is 82.3 Å². The summed E-state index contributed by atoms with van der Waals surface area (Å²) in [4.78, 5) is 43.5. The lowest BCUT2D eigenvalue weighted by Gasteiger charge is -2.44. The molecule has 1 saturated heterocycles. The molecule has 0 spiro atoms. The number of anilines is 1. The van der Waals surface area contributed by atoms with Crippen molar-refractivity contribution in [3.63, 3.8) is 0 Å². The molecule has 0 N–H and O–H groups in total. The fourth-order valence-corrected chi connectivity index (χ4v) is 6.41. The van der Waals surface area contributed by atoms with E-state index >= 15 is 17.6 Å². The first-order valence-electron chi connectivity index (χ1n) is 15.5. The number of halogens is 5. The Balaban J connectivity index is 1.71. The minimum atomic E-state index is -3.48. The Morgan fingerprint density at radius 3 is 2.54 bits per heavy atom. The van der Waals surface area contributed by atoms with E-state index in [-0.39, 0.29) is 59.9 Å². The maximum Gasteiger partial charge on any atom is 0.355 e. The summed E-state index contributed by atoms with van der Waals surface area (Å²) < 4.78 is 83.0. The maximum atomic E-state index is 16.3. The van der Waals surface area contributed by atoms with Gasteiger partial charge in [0.1, 0.15) is 28.9 Å². The lowest BCUT2D eigenvalue weighted by molar-refractivity contribution is -0.128. The number of fused-ring (bicyclic) bond motifs is 5. The molecule has 14 heteroatoms. The minimum absolute atomic E-state index is 0.0631. The van der Waals surface area contributed by atoms with Gasteiger partial charge in [0.15, 0.2) is 18.1 Å². The van der Waals surface area contributed by atoms with Crippen molar-refractivity contribution in [1.82, 2.24) is 24.4 Å². The summed E-state index contributed by atoms with van der Waals surface area (Å²) in [6.45, 7) is 10.0. The zero-order chi connectivity index (χ0) is 34.7. The molecule has 0 aliphatic carbocycles. The molecule has 0 saturated carbocycles. The second-order valence-corrected chi connectivity index (χ2v) is 12.6. The van der Waals surface area contributed by atoms with E-state index in [0.717, 1.165) is 10.6 Å². The Morgan fingerprint density at radius 2 is 1.83 bits per heavy atom. The average molecular weight is 669 g/mol. The van der Waals surface area contributed by atoms with Crippen LogP contribution in [0.1, 0.15) is 51.3 Å². The third kappa shape index (κ3) is 5.77. The molecule has 3 aromatic heterocycles. The van der Waals surface area contributed by atoms with Gasteiger partial charge in [0.2, 0.25) is 5.91 Å². The number of aromatic nitrogens is 4. The van der Waals surface area contributed by atoms with Crippen LogP contribution >= 0.6 is 0 Å². The van der Waals surface area contributed by atoms with Crippen molar-refractivity contribution in [2.24, 2.45) is 0 Å². The molecular formula is C34H33F5N6O3. The Bertz CT molecular complexity index is 2020. The first-order chi connectivity index (χ1) is 22.7. The number of carbonyl (C=O) groups is 1. The summed E-state index contributed by atoms with van der Waals surface area (Å²) in [5.41, 5.74) is -1.51. The Kier molecular flexibility index (Phi) is 8.46. The van der Waals surface area contributed by atoms with Crippen molar-refractivity contribution in [3.8, 4) is 22.7 Å². The van der Waals surface area contributed by atoms with E-state index in [0.29, 0.717) is 23.4 Å². The van der Waals surface area contributed by atoms with Crippen LogP contribution in [-0.2, 0) is 11.2 Å². The predicted octanol–water partition coefficient (Wildman–Crippen LogP) is 5.96. The van der Waals surface area contributed by atoms with Gasteiger partial charge in [-0.15, -0.1) is 0 Å². The Morgan fingerprint density at radius 1 is 1.08 bits per heavy atom. The van der Waals surface area contributed by atoms with Crippen molar-refractivity contribution in [2.45, 2.75) is 64.5 Å². The lowest BCUT2D eigenvalue weighted by atomic mass is 9.99. The zero-order valence-electron chi connectivity index (χ0n) is 26.7. The van der Waals surface area contributed by atoms with Gasteiger partial charge >= 0.3 is 5.69 Å². The number of amides is 1. The molecule has 252 valence electrons. The topological polar surface area (TPSA) is 93.5 Å². The van der Waals surface area contributed by atoms with Gasteiger partial charge < -0.3 is 14.5 Å². The number of hydrogen-bond acceptors (Lipinski definition) is 7. The maximum absolute atomic E-state index is 16.3. The zero-order valence-corrected chi connectivity index (χ0v) is 26.7. The van der Waals surface area contributed by atoms with E-state index in [9.17, 15) is 14.0 Å². The highest BCUT2D eigenvalue weighted by molar-refractivity contribution is 5.92. The van der Waals surface area contributed by atoms with E-state index in [2.05, 4.69) is 21.5 Å². The van der Waals surface area contributed by atoms with Crippen LogP contribution in [-0.4, -0.2) is 68.0 Å². The molecule has 5 heterocycles. The number of pyridine rings is 2. The number of piperazine rings is 1. The number of rotatable bonds is 3.